The highest BCUT2D eigenvalue weighted by atomic mass is 15.1. The van der Waals surface area contributed by atoms with Gasteiger partial charge in [0.15, 0.2) is 0 Å². The molecule has 1 aliphatic heterocycles. The molecular weight excluding hydrogens is 222 g/mol. The number of hydrogen-bond donors (Lipinski definition) is 1. The molecule has 1 N–H and O–H groups in total. The van der Waals surface area contributed by atoms with Crippen molar-refractivity contribution in [1.82, 2.24) is 14.8 Å². The minimum absolute atomic E-state index is 0.838. The molecule has 96 valence electrons. The zero-order chi connectivity index (χ0) is 12.5. The van der Waals surface area contributed by atoms with Gasteiger partial charge in [0.2, 0.25) is 0 Å². The zero-order valence-corrected chi connectivity index (χ0v) is 11.2. The van der Waals surface area contributed by atoms with Crippen LogP contribution < -0.4 is 5.32 Å². The van der Waals surface area contributed by atoms with Crippen molar-refractivity contribution in [2.24, 2.45) is 13.0 Å². The van der Waals surface area contributed by atoms with Crippen molar-refractivity contribution >= 4 is 10.9 Å². The van der Waals surface area contributed by atoms with Crippen LogP contribution in [-0.4, -0.2) is 36.1 Å². The Morgan fingerprint density at radius 2 is 2.11 bits per heavy atom. The highest BCUT2D eigenvalue weighted by Gasteiger charge is 2.19. The van der Waals surface area contributed by atoms with Crippen molar-refractivity contribution in [2.75, 3.05) is 26.7 Å². The van der Waals surface area contributed by atoms with Crippen LogP contribution in [0.1, 0.15) is 5.56 Å². The quantitative estimate of drug-likeness (QED) is 0.884. The molecule has 3 nitrogen and oxygen atoms in total. The average molecular weight is 243 g/mol. The topological polar surface area (TPSA) is 20.2 Å². The van der Waals surface area contributed by atoms with Gasteiger partial charge in [-0.05, 0) is 24.6 Å². The van der Waals surface area contributed by atoms with Crippen LogP contribution in [0.25, 0.3) is 10.9 Å². The molecule has 1 aromatic carbocycles. The van der Waals surface area contributed by atoms with Crippen molar-refractivity contribution in [3.05, 3.63) is 36.0 Å². The molecule has 1 saturated heterocycles. The molecule has 0 saturated carbocycles. The first-order chi connectivity index (χ1) is 8.74. The van der Waals surface area contributed by atoms with E-state index in [9.17, 15) is 0 Å². The SMILES string of the molecule is CN(Cc1cn(C)c2ccccc12)CC1CNC1. The van der Waals surface area contributed by atoms with E-state index in [1.165, 1.54) is 36.1 Å². The normalized spacial score (nSPS) is 16.4. The minimum atomic E-state index is 0.838. The van der Waals surface area contributed by atoms with Gasteiger partial charge in [-0.2, -0.15) is 0 Å². The molecule has 0 amide bonds. The zero-order valence-electron chi connectivity index (χ0n) is 11.2. The van der Waals surface area contributed by atoms with Crippen LogP contribution in [0.3, 0.4) is 0 Å². The summed E-state index contributed by atoms with van der Waals surface area (Å²) in [6.07, 6.45) is 2.26. The molecule has 1 aliphatic rings. The van der Waals surface area contributed by atoms with E-state index >= 15 is 0 Å². The van der Waals surface area contributed by atoms with E-state index in [0.717, 1.165) is 12.5 Å². The summed E-state index contributed by atoms with van der Waals surface area (Å²) in [5.74, 6) is 0.838. The Labute approximate surface area is 108 Å². The Morgan fingerprint density at radius 3 is 2.83 bits per heavy atom. The third-order valence-corrected chi connectivity index (χ3v) is 3.86. The number of nitrogens with one attached hydrogen (secondary N) is 1. The first-order valence-corrected chi connectivity index (χ1v) is 6.66. The van der Waals surface area contributed by atoms with Gasteiger partial charge in [-0.25, -0.2) is 0 Å². The molecule has 3 rings (SSSR count). The Hall–Kier alpha value is -1.32. The van der Waals surface area contributed by atoms with E-state index in [0.29, 0.717) is 0 Å². The van der Waals surface area contributed by atoms with Crippen LogP contribution in [0.2, 0.25) is 0 Å². The van der Waals surface area contributed by atoms with Gasteiger partial charge in [-0.1, -0.05) is 18.2 Å². The summed E-state index contributed by atoms with van der Waals surface area (Å²) >= 11 is 0. The van der Waals surface area contributed by atoms with Gasteiger partial charge in [-0.3, -0.25) is 0 Å². The smallest absolute Gasteiger partial charge is 0.0481 e. The molecule has 2 aromatic rings. The molecule has 0 unspecified atom stereocenters. The van der Waals surface area contributed by atoms with Gasteiger partial charge < -0.3 is 14.8 Å². The molecule has 1 aromatic heterocycles. The Morgan fingerprint density at radius 1 is 1.33 bits per heavy atom. The van der Waals surface area contributed by atoms with Crippen LogP contribution in [0.15, 0.2) is 30.5 Å². The number of aromatic nitrogens is 1. The summed E-state index contributed by atoms with van der Waals surface area (Å²) in [5.41, 5.74) is 2.76. The lowest BCUT2D eigenvalue weighted by Gasteiger charge is -2.31. The fraction of sp³-hybridized carbons (Fsp3) is 0.467. The monoisotopic (exact) mass is 243 g/mol. The van der Waals surface area contributed by atoms with Gasteiger partial charge in [0.25, 0.3) is 0 Å². The number of rotatable bonds is 4. The number of hydrogen-bond acceptors (Lipinski definition) is 2. The third-order valence-electron chi connectivity index (χ3n) is 3.86. The molecule has 0 aliphatic carbocycles. The standard InChI is InChI=1S/C15H21N3/c1-17(9-12-7-16-8-12)10-13-11-18(2)15-6-4-3-5-14(13)15/h3-6,11-12,16H,7-10H2,1-2H3. The number of fused-ring (bicyclic) bond motifs is 1. The van der Waals surface area contributed by atoms with Crippen LogP contribution in [-0.2, 0) is 13.6 Å². The Balaban J connectivity index is 1.77. The Bertz CT molecular complexity index is 540. The highest BCUT2D eigenvalue weighted by molar-refractivity contribution is 5.83. The summed E-state index contributed by atoms with van der Waals surface area (Å²) in [5, 5.41) is 4.72. The maximum atomic E-state index is 3.33. The average Bonchev–Trinajstić information content (AvgIpc) is 2.62. The summed E-state index contributed by atoms with van der Waals surface area (Å²) in [4.78, 5) is 2.44. The van der Waals surface area contributed by atoms with E-state index in [-0.39, 0.29) is 0 Å². The second-order valence-electron chi connectivity index (χ2n) is 5.50. The molecular formula is C15H21N3. The molecule has 0 atom stereocenters. The van der Waals surface area contributed by atoms with Crippen LogP contribution in [0.5, 0.6) is 0 Å². The fourth-order valence-corrected chi connectivity index (χ4v) is 2.83. The predicted octanol–water partition coefficient (Wildman–Crippen LogP) is 1.83. The van der Waals surface area contributed by atoms with Gasteiger partial charge >= 0.3 is 0 Å². The lowest BCUT2D eigenvalue weighted by atomic mass is 10.0. The van der Waals surface area contributed by atoms with Gasteiger partial charge in [-0.15, -0.1) is 0 Å². The maximum absolute atomic E-state index is 3.33. The third kappa shape index (κ3) is 2.16. The first kappa shape index (κ1) is 11.8. The molecule has 2 heterocycles. The van der Waals surface area contributed by atoms with Gasteiger partial charge in [0.05, 0.1) is 0 Å². The van der Waals surface area contributed by atoms with E-state index in [2.05, 4.69) is 59.3 Å². The number of aryl methyl sites for hydroxylation is 1. The summed E-state index contributed by atoms with van der Waals surface area (Å²) in [6.45, 7) is 4.59. The molecule has 18 heavy (non-hydrogen) atoms. The van der Waals surface area contributed by atoms with Crippen LogP contribution in [0.4, 0.5) is 0 Å². The highest BCUT2D eigenvalue weighted by Crippen LogP contribution is 2.21. The largest absolute Gasteiger partial charge is 0.350 e. The van der Waals surface area contributed by atoms with Gasteiger partial charge in [0.1, 0.15) is 0 Å². The molecule has 0 radical (unpaired) electrons. The van der Waals surface area contributed by atoms with E-state index < -0.39 is 0 Å². The molecule has 0 spiro atoms. The molecule has 3 heteroatoms. The van der Waals surface area contributed by atoms with Crippen LogP contribution in [0, 0.1) is 5.92 Å². The second-order valence-corrected chi connectivity index (χ2v) is 5.50. The number of para-hydroxylation sites is 1. The summed E-state index contributed by atoms with van der Waals surface area (Å²) in [6, 6.07) is 8.65. The summed E-state index contributed by atoms with van der Waals surface area (Å²) < 4.78 is 2.23. The van der Waals surface area contributed by atoms with Crippen molar-refractivity contribution < 1.29 is 0 Å². The van der Waals surface area contributed by atoms with E-state index in [4.69, 9.17) is 0 Å². The second kappa shape index (κ2) is 4.75. The maximum Gasteiger partial charge on any atom is 0.0481 e. The van der Waals surface area contributed by atoms with Crippen molar-refractivity contribution in [3.8, 4) is 0 Å². The van der Waals surface area contributed by atoms with E-state index in [1.54, 1.807) is 0 Å². The van der Waals surface area contributed by atoms with Crippen molar-refractivity contribution in [3.63, 3.8) is 0 Å². The first-order valence-electron chi connectivity index (χ1n) is 6.66. The van der Waals surface area contributed by atoms with Crippen LogP contribution >= 0.6 is 0 Å². The molecule has 0 bridgehead atoms. The number of benzene rings is 1. The van der Waals surface area contributed by atoms with Crippen molar-refractivity contribution in [1.29, 1.82) is 0 Å². The van der Waals surface area contributed by atoms with E-state index in [1.807, 2.05) is 0 Å². The van der Waals surface area contributed by atoms with Gasteiger partial charge in [0, 0.05) is 50.3 Å². The lowest BCUT2D eigenvalue weighted by molar-refractivity contribution is 0.219. The molecule has 1 fully saturated rings. The van der Waals surface area contributed by atoms with Crippen molar-refractivity contribution in [2.45, 2.75) is 6.54 Å². The minimum Gasteiger partial charge on any atom is -0.350 e. The lowest BCUT2D eigenvalue weighted by Crippen LogP contribution is -2.47. The Kier molecular flexibility index (Phi) is 3.10. The number of nitrogens with zero attached hydrogens (tertiary/aromatic N) is 2. The predicted molar refractivity (Wildman–Crippen MR) is 75.6 cm³/mol. The fourth-order valence-electron chi connectivity index (χ4n) is 2.83. The summed E-state index contributed by atoms with van der Waals surface area (Å²) in [7, 11) is 4.35.